The Labute approximate surface area is 109 Å². The fourth-order valence-electron chi connectivity index (χ4n) is 2.25. The number of nitrogens with zero attached hydrogens (tertiary/aromatic N) is 4. The summed E-state index contributed by atoms with van der Waals surface area (Å²) < 4.78 is 0. The highest BCUT2D eigenvalue weighted by molar-refractivity contribution is 5.53. The van der Waals surface area contributed by atoms with Crippen LogP contribution in [0.25, 0.3) is 0 Å². The predicted molar refractivity (Wildman–Crippen MR) is 72.2 cm³/mol. The smallest absolute Gasteiger partial charge is 0.146 e. The minimum atomic E-state index is 0.670. The molecule has 2 rings (SSSR count). The van der Waals surface area contributed by atoms with Crippen molar-refractivity contribution in [3.63, 3.8) is 0 Å². The van der Waals surface area contributed by atoms with Gasteiger partial charge in [-0.25, -0.2) is 4.98 Å². The minimum Gasteiger partial charge on any atom is -0.353 e. The second kappa shape index (κ2) is 6.36. The van der Waals surface area contributed by atoms with Crippen molar-refractivity contribution < 1.29 is 0 Å². The summed E-state index contributed by atoms with van der Waals surface area (Å²) in [6.45, 7) is 8.98. The first-order valence-corrected chi connectivity index (χ1v) is 6.47. The maximum atomic E-state index is 9.08. The zero-order valence-corrected chi connectivity index (χ0v) is 10.7. The topological polar surface area (TPSA) is 43.2 Å². The Morgan fingerprint density at radius 1 is 1.33 bits per heavy atom. The largest absolute Gasteiger partial charge is 0.353 e. The molecule has 0 saturated carbocycles. The van der Waals surface area contributed by atoms with Crippen LogP contribution in [0.4, 0.5) is 5.82 Å². The van der Waals surface area contributed by atoms with Crippen molar-refractivity contribution in [2.45, 2.75) is 12.8 Å². The van der Waals surface area contributed by atoms with E-state index in [9.17, 15) is 0 Å². The van der Waals surface area contributed by atoms with E-state index < -0.39 is 0 Å². The normalized spacial score (nSPS) is 16.6. The maximum Gasteiger partial charge on any atom is 0.146 e. The van der Waals surface area contributed by atoms with E-state index in [1.54, 1.807) is 6.20 Å². The number of anilines is 1. The molecule has 0 unspecified atom stereocenters. The molecule has 0 N–H and O–H groups in total. The number of hydrogen-bond donors (Lipinski definition) is 0. The molecule has 1 aromatic rings. The highest BCUT2D eigenvalue weighted by Crippen LogP contribution is 2.17. The zero-order chi connectivity index (χ0) is 12.8. The van der Waals surface area contributed by atoms with Crippen molar-refractivity contribution in [1.29, 1.82) is 5.26 Å². The first-order chi connectivity index (χ1) is 8.85. The van der Waals surface area contributed by atoms with E-state index in [4.69, 9.17) is 5.26 Å². The second-order valence-electron chi connectivity index (χ2n) is 4.52. The van der Waals surface area contributed by atoms with Gasteiger partial charge in [-0.15, -0.1) is 0 Å². The third-order valence-corrected chi connectivity index (χ3v) is 3.30. The number of aromatic nitrogens is 1. The third kappa shape index (κ3) is 2.99. The van der Waals surface area contributed by atoms with Crippen LogP contribution in [0, 0.1) is 18.3 Å². The second-order valence-corrected chi connectivity index (χ2v) is 4.52. The van der Waals surface area contributed by atoms with Gasteiger partial charge in [-0.05, 0) is 25.1 Å². The average Bonchev–Trinajstić information content (AvgIpc) is 2.45. The lowest BCUT2D eigenvalue weighted by Gasteiger charge is -2.35. The van der Waals surface area contributed by atoms with Crippen molar-refractivity contribution in [2.75, 3.05) is 37.6 Å². The van der Waals surface area contributed by atoms with E-state index in [2.05, 4.69) is 27.8 Å². The van der Waals surface area contributed by atoms with Crippen LogP contribution >= 0.6 is 0 Å². The molecule has 1 aromatic heterocycles. The Bertz CT molecular complexity index is 416. The molecule has 1 fully saturated rings. The summed E-state index contributed by atoms with van der Waals surface area (Å²) in [5.41, 5.74) is 0.670. The summed E-state index contributed by atoms with van der Waals surface area (Å²) in [5, 5.41) is 9.08. The van der Waals surface area contributed by atoms with Crippen LogP contribution in [0.3, 0.4) is 0 Å². The quantitative estimate of drug-likeness (QED) is 0.807. The molecule has 0 aliphatic carbocycles. The first kappa shape index (κ1) is 12.8. The molecule has 0 aromatic carbocycles. The van der Waals surface area contributed by atoms with Gasteiger partial charge in [0, 0.05) is 32.4 Å². The molecule has 18 heavy (non-hydrogen) atoms. The Kier molecular flexibility index (Phi) is 4.54. The lowest BCUT2D eigenvalue weighted by molar-refractivity contribution is 0.255. The van der Waals surface area contributed by atoms with E-state index in [0.29, 0.717) is 5.56 Å². The van der Waals surface area contributed by atoms with E-state index >= 15 is 0 Å². The van der Waals surface area contributed by atoms with Crippen molar-refractivity contribution in [3.05, 3.63) is 30.8 Å². The fraction of sp³-hybridized carbons (Fsp3) is 0.500. The molecule has 0 bridgehead atoms. The summed E-state index contributed by atoms with van der Waals surface area (Å²) >= 11 is 0. The molecule has 0 spiro atoms. The Morgan fingerprint density at radius 3 is 2.78 bits per heavy atom. The number of unbranched alkanes of at least 4 members (excludes halogenated alkanes) is 1. The average molecular weight is 243 g/mol. The molecule has 1 aliphatic heterocycles. The van der Waals surface area contributed by atoms with E-state index in [0.717, 1.165) is 51.4 Å². The number of pyridine rings is 1. The van der Waals surface area contributed by atoms with Crippen molar-refractivity contribution in [3.8, 4) is 6.07 Å². The number of piperazine rings is 1. The van der Waals surface area contributed by atoms with Gasteiger partial charge in [0.2, 0.25) is 0 Å². The van der Waals surface area contributed by atoms with Gasteiger partial charge in [-0.3, -0.25) is 4.90 Å². The molecular formula is C14H19N4. The maximum absolute atomic E-state index is 9.08. The highest BCUT2D eigenvalue weighted by atomic mass is 15.3. The van der Waals surface area contributed by atoms with Crippen LogP contribution in [0.1, 0.15) is 18.4 Å². The van der Waals surface area contributed by atoms with Crippen molar-refractivity contribution in [1.82, 2.24) is 9.88 Å². The Morgan fingerprint density at radius 2 is 2.11 bits per heavy atom. The molecule has 4 nitrogen and oxygen atoms in total. The molecule has 0 atom stereocenters. The van der Waals surface area contributed by atoms with Gasteiger partial charge >= 0.3 is 0 Å². The fourth-order valence-corrected chi connectivity index (χ4v) is 2.25. The summed E-state index contributed by atoms with van der Waals surface area (Å²) in [4.78, 5) is 9.00. The van der Waals surface area contributed by atoms with Gasteiger partial charge in [-0.1, -0.05) is 13.3 Å². The van der Waals surface area contributed by atoms with Gasteiger partial charge in [0.05, 0.1) is 5.56 Å². The number of hydrogen-bond acceptors (Lipinski definition) is 4. The minimum absolute atomic E-state index is 0.670. The van der Waals surface area contributed by atoms with Crippen molar-refractivity contribution in [2.24, 2.45) is 0 Å². The molecule has 95 valence electrons. The molecule has 1 aliphatic rings. The number of rotatable bonds is 4. The monoisotopic (exact) mass is 243 g/mol. The Balaban J connectivity index is 1.95. The van der Waals surface area contributed by atoms with Gasteiger partial charge in [-0.2, -0.15) is 5.26 Å². The Hall–Kier alpha value is -1.60. The van der Waals surface area contributed by atoms with Gasteiger partial charge in [0.15, 0.2) is 0 Å². The van der Waals surface area contributed by atoms with Gasteiger partial charge < -0.3 is 4.90 Å². The summed E-state index contributed by atoms with van der Waals surface area (Å²) in [7, 11) is 0. The van der Waals surface area contributed by atoms with Crippen molar-refractivity contribution >= 4 is 5.82 Å². The molecule has 0 amide bonds. The van der Waals surface area contributed by atoms with Gasteiger partial charge in [0.1, 0.15) is 11.9 Å². The van der Waals surface area contributed by atoms with E-state index in [1.165, 1.54) is 0 Å². The van der Waals surface area contributed by atoms with Crippen LogP contribution in [0.2, 0.25) is 0 Å². The summed E-state index contributed by atoms with van der Waals surface area (Å²) in [6.07, 6.45) is 3.91. The third-order valence-electron chi connectivity index (χ3n) is 3.30. The molecule has 1 saturated heterocycles. The number of nitriles is 1. The first-order valence-electron chi connectivity index (χ1n) is 6.47. The lowest BCUT2D eigenvalue weighted by Crippen LogP contribution is -2.47. The zero-order valence-electron chi connectivity index (χ0n) is 10.7. The molecule has 2 heterocycles. The predicted octanol–water partition coefficient (Wildman–Crippen LogP) is 1.69. The van der Waals surface area contributed by atoms with Crippen LogP contribution in [0.5, 0.6) is 0 Å². The molecule has 1 radical (unpaired) electrons. The summed E-state index contributed by atoms with van der Waals surface area (Å²) in [5.74, 6) is 0.830. The van der Waals surface area contributed by atoms with Crippen LogP contribution < -0.4 is 4.90 Å². The van der Waals surface area contributed by atoms with E-state index in [1.807, 2.05) is 12.1 Å². The summed E-state index contributed by atoms with van der Waals surface area (Å²) in [6, 6.07) is 5.86. The van der Waals surface area contributed by atoms with Gasteiger partial charge in [0.25, 0.3) is 0 Å². The SMILES string of the molecule is [CH2]CCCN1CCN(c2ncccc2C#N)CC1. The molecular weight excluding hydrogens is 224 g/mol. The van der Waals surface area contributed by atoms with Crippen LogP contribution in [-0.4, -0.2) is 42.6 Å². The van der Waals surface area contributed by atoms with E-state index in [-0.39, 0.29) is 0 Å². The molecule has 4 heteroatoms. The van der Waals surface area contributed by atoms with Crippen LogP contribution in [-0.2, 0) is 0 Å². The highest BCUT2D eigenvalue weighted by Gasteiger charge is 2.19. The standard InChI is InChI=1S/C14H19N4/c1-2-3-7-17-8-10-18(11-9-17)14-13(12-15)5-4-6-16-14/h4-6H,1-3,7-11H2. The van der Waals surface area contributed by atoms with Crippen LogP contribution in [0.15, 0.2) is 18.3 Å². The lowest BCUT2D eigenvalue weighted by atomic mass is 10.2.